The number of aromatic nitrogens is 3. The van der Waals surface area contributed by atoms with Crippen LogP contribution in [0.1, 0.15) is 0 Å². The van der Waals surface area contributed by atoms with Gasteiger partial charge in [0.05, 0.1) is 6.20 Å². The zero-order valence-corrected chi connectivity index (χ0v) is 9.95. The van der Waals surface area contributed by atoms with E-state index in [2.05, 4.69) is 10.3 Å². The minimum absolute atomic E-state index is 0.383. The minimum atomic E-state index is 0.383. The van der Waals surface area contributed by atoms with E-state index >= 15 is 0 Å². The summed E-state index contributed by atoms with van der Waals surface area (Å²) in [5, 5.41) is 9.94. The van der Waals surface area contributed by atoms with E-state index in [-0.39, 0.29) is 0 Å². The minimum Gasteiger partial charge on any atom is -0.454 e. The number of hydrogen-bond acceptors (Lipinski definition) is 4. The number of rotatable bonds is 1. The third-order valence-electron chi connectivity index (χ3n) is 3.14. The number of benzene rings is 2. The van der Waals surface area contributed by atoms with Crippen molar-refractivity contribution in [3.63, 3.8) is 0 Å². The second-order valence-corrected chi connectivity index (χ2v) is 4.34. The van der Waals surface area contributed by atoms with Crippen molar-refractivity contribution >= 4 is 27.8 Å². The normalized spacial score (nSPS) is 11.4. The van der Waals surface area contributed by atoms with Crippen LogP contribution in [-0.4, -0.2) is 15.0 Å². The maximum atomic E-state index is 5.92. The predicted molar refractivity (Wildman–Crippen MR) is 73.0 cm³/mol. The van der Waals surface area contributed by atoms with Gasteiger partial charge in [0.15, 0.2) is 11.4 Å². The molecule has 5 nitrogen and oxygen atoms in total. The Morgan fingerprint density at radius 3 is 2.68 bits per heavy atom. The lowest BCUT2D eigenvalue weighted by atomic mass is 10.1. The number of para-hydroxylation sites is 2. The van der Waals surface area contributed by atoms with E-state index in [0.717, 1.165) is 27.6 Å². The van der Waals surface area contributed by atoms with Crippen molar-refractivity contribution in [1.29, 1.82) is 0 Å². The van der Waals surface area contributed by atoms with Crippen LogP contribution in [0, 0.1) is 0 Å². The first-order valence-electron chi connectivity index (χ1n) is 5.91. The number of nitrogens with zero attached hydrogens (tertiary/aromatic N) is 3. The highest BCUT2D eigenvalue weighted by Crippen LogP contribution is 2.32. The maximum absolute atomic E-state index is 5.92. The second-order valence-electron chi connectivity index (χ2n) is 4.34. The Morgan fingerprint density at radius 2 is 1.84 bits per heavy atom. The molecule has 19 heavy (non-hydrogen) atoms. The standard InChI is InChI=1S/C14H10N4O/c15-13-8-18(17-16-13)11-6-3-5-10-9-4-1-2-7-12(9)19-14(10)11/h1-8H,15H2. The van der Waals surface area contributed by atoms with E-state index in [0.29, 0.717) is 5.82 Å². The SMILES string of the molecule is Nc1cn(-c2cccc3c2oc2ccccc23)nn1. The molecule has 4 rings (SSSR count). The zero-order chi connectivity index (χ0) is 12.8. The van der Waals surface area contributed by atoms with Crippen molar-refractivity contribution in [3.05, 3.63) is 48.7 Å². The van der Waals surface area contributed by atoms with E-state index in [4.69, 9.17) is 10.2 Å². The van der Waals surface area contributed by atoms with Gasteiger partial charge in [-0.1, -0.05) is 35.5 Å². The lowest BCUT2D eigenvalue weighted by Gasteiger charge is -1.99. The first-order chi connectivity index (χ1) is 9.33. The number of nitrogen functional groups attached to an aromatic ring is 1. The monoisotopic (exact) mass is 250 g/mol. The molecule has 0 spiro atoms. The van der Waals surface area contributed by atoms with Crippen molar-refractivity contribution in [2.75, 3.05) is 5.73 Å². The van der Waals surface area contributed by atoms with Crippen LogP contribution < -0.4 is 5.73 Å². The van der Waals surface area contributed by atoms with Crippen LogP contribution in [0.3, 0.4) is 0 Å². The van der Waals surface area contributed by atoms with Gasteiger partial charge in [0.1, 0.15) is 11.3 Å². The van der Waals surface area contributed by atoms with Crippen molar-refractivity contribution in [2.24, 2.45) is 0 Å². The van der Waals surface area contributed by atoms with Crippen LogP contribution >= 0.6 is 0 Å². The van der Waals surface area contributed by atoms with Gasteiger partial charge in [-0.3, -0.25) is 0 Å². The van der Waals surface area contributed by atoms with E-state index < -0.39 is 0 Å². The number of fused-ring (bicyclic) bond motifs is 3. The third-order valence-corrected chi connectivity index (χ3v) is 3.14. The van der Waals surface area contributed by atoms with Crippen molar-refractivity contribution < 1.29 is 4.42 Å². The van der Waals surface area contributed by atoms with Crippen LogP contribution in [-0.2, 0) is 0 Å². The van der Waals surface area contributed by atoms with E-state index in [1.165, 1.54) is 0 Å². The molecule has 92 valence electrons. The summed E-state index contributed by atoms with van der Waals surface area (Å²) in [5.74, 6) is 0.383. The summed E-state index contributed by atoms with van der Waals surface area (Å²) < 4.78 is 7.54. The topological polar surface area (TPSA) is 69.9 Å². The van der Waals surface area contributed by atoms with Crippen LogP contribution in [0.2, 0.25) is 0 Å². The number of hydrogen-bond donors (Lipinski definition) is 1. The highest BCUT2D eigenvalue weighted by atomic mass is 16.3. The molecule has 0 atom stereocenters. The van der Waals surface area contributed by atoms with Crippen molar-refractivity contribution in [3.8, 4) is 5.69 Å². The molecular formula is C14H10N4O. The molecule has 0 saturated heterocycles. The second kappa shape index (κ2) is 3.58. The molecule has 0 aliphatic rings. The molecule has 0 radical (unpaired) electrons. The molecule has 5 heteroatoms. The van der Waals surface area contributed by atoms with E-state index in [1.54, 1.807) is 10.9 Å². The van der Waals surface area contributed by atoms with Crippen molar-refractivity contribution in [2.45, 2.75) is 0 Å². The highest BCUT2D eigenvalue weighted by molar-refractivity contribution is 6.07. The quantitative estimate of drug-likeness (QED) is 0.564. The molecule has 2 heterocycles. The Hall–Kier alpha value is -2.82. The molecule has 0 fully saturated rings. The predicted octanol–water partition coefficient (Wildman–Crippen LogP) is 2.75. The first kappa shape index (κ1) is 10.1. The van der Waals surface area contributed by atoms with Gasteiger partial charge >= 0.3 is 0 Å². The number of anilines is 1. The van der Waals surface area contributed by atoms with Gasteiger partial charge in [0.2, 0.25) is 0 Å². The van der Waals surface area contributed by atoms with E-state index in [9.17, 15) is 0 Å². The molecule has 0 aliphatic carbocycles. The fourth-order valence-corrected chi connectivity index (χ4v) is 2.31. The molecule has 0 saturated carbocycles. The van der Waals surface area contributed by atoms with Crippen LogP contribution in [0.15, 0.2) is 53.1 Å². The summed E-state index contributed by atoms with van der Waals surface area (Å²) in [6, 6.07) is 13.9. The third kappa shape index (κ3) is 1.41. The fourth-order valence-electron chi connectivity index (χ4n) is 2.31. The molecule has 0 amide bonds. The Bertz CT molecular complexity index is 891. The van der Waals surface area contributed by atoms with Gasteiger partial charge in [-0.05, 0) is 12.1 Å². The molecule has 0 aliphatic heterocycles. The number of nitrogens with two attached hydrogens (primary N) is 1. The summed E-state index contributed by atoms with van der Waals surface area (Å²) in [7, 11) is 0. The summed E-state index contributed by atoms with van der Waals surface area (Å²) in [5.41, 5.74) is 8.09. The molecule has 0 unspecified atom stereocenters. The fraction of sp³-hybridized carbons (Fsp3) is 0. The average molecular weight is 250 g/mol. The van der Waals surface area contributed by atoms with Gasteiger partial charge in [-0.2, -0.15) is 0 Å². The Morgan fingerprint density at radius 1 is 1.00 bits per heavy atom. The van der Waals surface area contributed by atoms with Crippen molar-refractivity contribution in [1.82, 2.24) is 15.0 Å². The number of furan rings is 1. The van der Waals surface area contributed by atoms with Gasteiger partial charge in [0, 0.05) is 10.8 Å². The summed E-state index contributed by atoms with van der Waals surface area (Å²) in [6.45, 7) is 0. The van der Waals surface area contributed by atoms with Gasteiger partial charge in [-0.15, -0.1) is 5.10 Å². The zero-order valence-electron chi connectivity index (χ0n) is 9.95. The summed E-state index contributed by atoms with van der Waals surface area (Å²) in [4.78, 5) is 0. The average Bonchev–Trinajstić information content (AvgIpc) is 3.02. The van der Waals surface area contributed by atoms with Gasteiger partial charge in [-0.25, -0.2) is 4.68 Å². The highest BCUT2D eigenvalue weighted by Gasteiger charge is 2.12. The lowest BCUT2D eigenvalue weighted by molar-refractivity contribution is 0.659. The smallest absolute Gasteiger partial charge is 0.166 e. The van der Waals surface area contributed by atoms with Crippen LogP contribution in [0.25, 0.3) is 27.6 Å². The Kier molecular flexibility index (Phi) is 1.91. The molecule has 0 bridgehead atoms. The Labute approximate surface area is 108 Å². The lowest BCUT2D eigenvalue weighted by Crippen LogP contribution is -1.94. The molecule has 4 aromatic rings. The van der Waals surface area contributed by atoms with Gasteiger partial charge < -0.3 is 10.2 Å². The maximum Gasteiger partial charge on any atom is 0.166 e. The molecular weight excluding hydrogens is 240 g/mol. The van der Waals surface area contributed by atoms with Gasteiger partial charge in [0.25, 0.3) is 0 Å². The Balaban J connectivity index is 2.12. The van der Waals surface area contributed by atoms with Crippen LogP contribution in [0.4, 0.5) is 5.82 Å². The summed E-state index contributed by atoms with van der Waals surface area (Å²) in [6.07, 6.45) is 1.67. The largest absolute Gasteiger partial charge is 0.454 e. The summed E-state index contributed by atoms with van der Waals surface area (Å²) >= 11 is 0. The molecule has 2 aromatic heterocycles. The molecule has 2 N–H and O–H groups in total. The van der Waals surface area contributed by atoms with Crippen LogP contribution in [0.5, 0.6) is 0 Å². The van der Waals surface area contributed by atoms with E-state index in [1.807, 2.05) is 42.5 Å². The first-order valence-corrected chi connectivity index (χ1v) is 5.91. The molecule has 2 aromatic carbocycles.